The number of rotatable bonds is 4. The summed E-state index contributed by atoms with van der Waals surface area (Å²) in [5.41, 5.74) is 2.44. The molecule has 0 spiro atoms. The molecule has 0 aliphatic rings. The molecule has 3 heteroatoms. The maximum absolute atomic E-state index is 13.4. The molecule has 100 valence electrons. The van der Waals surface area contributed by atoms with Crippen LogP contribution in [0.15, 0.2) is 47.4 Å². The van der Waals surface area contributed by atoms with Gasteiger partial charge < -0.3 is 5.11 Å². The van der Waals surface area contributed by atoms with E-state index in [-0.39, 0.29) is 5.82 Å². The van der Waals surface area contributed by atoms with Crippen LogP contribution in [0.1, 0.15) is 22.8 Å². The van der Waals surface area contributed by atoms with E-state index in [1.54, 1.807) is 30.8 Å². The Balaban J connectivity index is 1.98. The molecule has 1 unspecified atom stereocenters. The highest BCUT2D eigenvalue weighted by atomic mass is 32.2. The van der Waals surface area contributed by atoms with E-state index in [0.29, 0.717) is 16.9 Å². The van der Waals surface area contributed by atoms with Crippen molar-refractivity contribution in [3.05, 3.63) is 65.0 Å². The van der Waals surface area contributed by atoms with Gasteiger partial charge >= 0.3 is 0 Å². The number of aryl methyl sites for hydroxylation is 2. The van der Waals surface area contributed by atoms with E-state index in [2.05, 4.69) is 0 Å². The Morgan fingerprint density at radius 1 is 1.11 bits per heavy atom. The molecule has 0 saturated heterocycles. The molecule has 0 heterocycles. The van der Waals surface area contributed by atoms with Crippen LogP contribution < -0.4 is 0 Å². The van der Waals surface area contributed by atoms with Gasteiger partial charge in [0.1, 0.15) is 5.82 Å². The van der Waals surface area contributed by atoms with E-state index in [4.69, 9.17) is 0 Å². The normalized spacial score (nSPS) is 12.4. The molecule has 1 nitrogen and oxygen atoms in total. The third-order valence-corrected chi connectivity index (χ3v) is 4.10. The first-order chi connectivity index (χ1) is 9.06. The summed E-state index contributed by atoms with van der Waals surface area (Å²) < 4.78 is 13.4. The van der Waals surface area contributed by atoms with Gasteiger partial charge in [-0.3, -0.25) is 0 Å². The molecule has 0 bridgehead atoms. The summed E-state index contributed by atoms with van der Waals surface area (Å²) in [4.78, 5) is 1.11. The number of aliphatic hydroxyl groups is 1. The molecule has 19 heavy (non-hydrogen) atoms. The predicted octanol–water partition coefficient (Wildman–Crippen LogP) is 4.27. The monoisotopic (exact) mass is 276 g/mol. The molecule has 1 N–H and O–H groups in total. The van der Waals surface area contributed by atoms with E-state index in [1.165, 1.54) is 11.6 Å². The third-order valence-electron chi connectivity index (χ3n) is 3.01. The highest BCUT2D eigenvalue weighted by Crippen LogP contribution is 2.25. The standard InChI is InChI=1S/C16H17FOS/c1-11-3-7-14(8-4-11)19-10-16(18)13-6-5-12(2)15(17)9-13/h3-9,16,18H,10H2,1-2H3. The second-order valence-electron chi connectivity index (χ2n) is 4.65. The Hall–Kier alpha value is -1.32. The van der Waals surface area contributed by atoms with Crippen molar-refractivity contribution in [1.29, 1.82) is 0 Å². The second-order valence-corrected chi connectivity index (χ2v) is 5.74. The van der Waals surface area contributed by atoms with Crippen molar-refractivity contribution in [2.24, 2.45) is 0 Å². The van der Waals surface area contributed by atoms with Crippen molar-refractivity contribution < 1.29 is 9.50 Å². The Kier molecular flexibility index (Phi) is 4.61. The lowest BCUT2D eigenvalue weighted by molar-refractivity contribution is 0.203. The summed E-state index contributed by atoms with van der Waals surface area (Å²) in [7, 11) is 0. The topological polar surface area (TPSA) is 20.2 Å². The second kappa shape index (κ2) is 6.22. The Labute approximate surface area is 117 Å². The number of hydrogen-bond donors (Lipinski definition) is 1. The average molecular weight is 276 g/mol. The van der Waals surface area contributed by atoms with Gasteiger partial charge in [-0.25, -0.2) is 4.39 Å². The first-order valence-corrected chi connectivity index (χ1v) is 7.18. The van der Waals surface area contributed by atoms with E-state index in [0.717, 1.165) is 4.90 Å². The van der Waals surface area contributed by atoms with Crippen LogP contribution in [0.5, 0.6) is 0 Å². The first-order valence-electron chi connectivity index (χ1n) is 6.20. The number of aliphatic hydroxyl groups excluding tert-OH is 1. The van der Waals surface area contributed by atoms with E-state index >= 15 is 0 Å². The Morgan fingerprint density at radius 3 is 2.42 bits per heavy atom. The summed E-state index contributed by atoms with van der Waals surface area (Å²) >= 11 is 1.57. The number of benzene rings is 2. The number of halogens is 1. The molecule has 0 aromatic heterocycles. The summed E-state index contributed by atoms with van der Waals surface area (Å²) in [6.07, 6.45) is -0.651. The van der Waals surface area contributed by atoms with Crippen LogP contribution in [0, 0.1) is 19.7 Å². The average Bonchev–Trinajstić information content (AvgIpc) is 2.41. The first kappa shape index (κ1) is 14.1. The van der Waals surface area contributed by atoms with Crippen LogP contribution in [0.3, 0.4) is 0 Å². The highest BCUT2D eigenvalue weighted by Gasteiger charge is 2.10. The molecule has 0 amide bonds. The zero-order valence-electron chi connectivity index (χ0n) is 11.1. The van der Waals surface area contributed by atoms with Gasteiger partial charge in [0.15, 0.2) is 0 Å². The van der Waals surface area contributed by atoms with Crippen LogP contribution in [0.25, 0.3) is 0 Å². The van der Waals surface area contributed by atoms with Crippen molar-refractivity contribution in [2.75, 3.05) is 5.75 Å². The number of hydrogen-bond acceptors (Lipinski definition) is 2. The molecule has 0 fully saturated rings. The van der Waals surface area contributed by atoms with Crippen molar-refractivity contribution in [1.82, 2.24) is 0 Å². The zero-order valence-corrected chi connectivity index (χ0v) is 11.9. The minimum absolute atomic E-state index is 0.267. The van der Waals surface area contributed by atoms with E-state index in [9.17, 15) is 9.50 Å². The van der Waals surface area contributed by atoms with E-state index < -0.39 is 6.10 Å². The summed E-state index contributed by atoms with van der Waals surface area (Å²) in [5.74, 6) is 0.253. The van der Waals surface area contributed by atoms with Gasteiger partial charge in [-0.15, -0.1) is 11.8 Å². The molecule has 0 aliphatic carbocycles. The zero-order chi connectivity index (χ0) is 13.8. The van der Waals surface area contributed by atoms with Crippen LogP contribution in [-0.4, -0.2) is 10.9 Å². The van der Waals surface area contributed by atoms with Crippen molar-refractivity contribution in [2.45, 2.75) is 24.8 Å². The van der Waals surface area contributed by atoms with Gasteiger partial charge in [-0.1, -0.05) is 29.8 Å². The summed E-state index contributed by atoms with van der Waals surface area (Å²) in [6, 6.07) is 13.0. The van der Waals surface area contributed by atoms with Gasteiger partial charge in [-0.05, 0) is 43.2 Å². The molecule has 2 rings (SSSR count). The third kappa shape index (κ3) is 3.82. The summed E-state index contributed by atoms with van der Waals surface area (Å²) in [5, 5.41) is 10.1. The maximum atomic E-state index is 13.4. The van der Waals surface area contributed by atoms with Crippen LogP contribution in [0.4, 0.5) is 4.39 Å². The van der Waals surface area contributed by atoms with Crippen LogP contribution in [-0.2, 0) is 0 Å². The van der Waals surface area contributed by atoms with Crippen molar-refractivity contribution >= 4 is 11.8 Å². The quantitative estimate of drug-likeness (QED) is 0.842. The molecule has 0 aliphatic heterocycles. The minimum atomic E-state index is -0.651. The largest absolute Gasteiger partial charge is 0.388 e. The fraction of sp³-hybridized carbons (Fsp3) is 0.250. The lowest BCUT2D eigenvalue weighted by atomic mass is 10.1. The number of thioether (sulfide) groups is 1. The fourth-order valence-corrected chi connectivity index (χ4v) is 2.59. The molecule has 2 aromatic carbocycles. The SMILES string of the molecule is Cc1ccc(SCC(O)c2ccc(C)c(F)c2)cc1. The predicted molar refractivity (Wildman–Crippen MR) is 78.0 cm³/mol. The lowest BCUT2D eigenvalue weighted by Crippen LogP contribution is -2.01. The highest BCUT2D eigenvalue weighted by molar-refractivity contribution is 7.99. The Bertz CT molecular complexity index is 551. The maximum Gasteiger partial charge on any atom is 0.126 e. The van der Waals surface area contributed by atoms with Crippen LogP contribution in [0.2, 0.25) is 0 Å². The molecular weight excluding hydrogens is 259 g/mol. The van der Waals surface area contributed by atoms with Crippen molar-refractivity contribution in [3.8, 4) is 0 Å². The van der Waals surface area contributed by atoms with Gasteiger partial charge in [-0.2, -0.15) is 0 Å². The smallest absolute Gasteiger partial charge is 0.126 e. The Morgan fingerprint density at radius 2 is 1.79 bits per heavy atom. The van der Waals surface area contributed by atoms with Gasteiger partial charge in [0.05, 0.1) is 6.10 Å². The van der Waals surface area contributed by atoms with Crippen molar-refractivity contribution in [3.63, 3.8) is 0 Å². The minimum Gasteiger partial charge on any atom is -0.388 e. The fourth-order valence-electron chi connectivity index (χ4n) is 1.72. The molecular formula is C16H17FOS. The van der Waals surface area contributed by atoms with Gasteiger partial charge in [0.2, 0.25) is 0 Å². The molecule has 2 aromatic rings. The molecule has 0 radical (unpaired) electrons. The molecule has 1 atom stereocenters. The summed E-state index contributed by atoms with van der Waals surface area (Å²) in [6.45, 7) is 3.75. The van der Waals surface area contributed by atoms with Gasteiger partial charge in [0, 0.05) is 10.6 Å². The van der Waals surface area contributed by atoms with Crippen LogP contribution >= 0.6 is 11.8 Å². The van der Waals surface area contributed by atoms with E-state index in [1.807, 2.05) is 31.2 Å². The molecule has 0 saturated carbocycles. The van der Waals surface area contributed by atoms with Gasteiger partial charge in [0.25, 0.3) is 0 Å². The lowest BCUT2D eigenvalue weighted by Gasteiger charge is -2.11.